The quantitative estimate of drug-likeness (QED) is 0.729. The normalized spacial score (nSPS) is 17.1. The lowest BCUT2D eigenvalue weighted by Gasteiger charge is -2.25. The SMILES string of the molecule is O=C(c1cnc2ccccc2c1)N1CCC[C@H]1CCc1ccncc1. The maximum Gasteiger partial charge on any atom is 0.255 e. The first kappa shape index (κ1) is 15.8. The van der Waals surface area contributed by atoms with Crippen LogP contribution in [0.5, 0.6) is 0 Å². The summed E-state index contributed by atoms with van der Waals surface area (Å²) in [6.07, 6.45) is 9.50. The Hall–Kier alpha value is -2.75. The Labute approximate surface area is 147 Å². The van der Waals surface area contributed by atoms with Crippen molar-refractivity contribution in [3.8, 4) is 0 Å². The van der Waals surface area contributed by atoms with E-state index >= 15 is 0 Å². The van der Waals surface area contributed by atoms with Crippen LogP contribution < -0.4 is 0 Å². The van der Waals surface area contributed by atoms with Gasteiger partial charge < -0.3 is 4.90 Å². The Kier molecular flexibility index (Phi) is 4.42. The number of para-hydroxylation sites is 1. The lowest BCUT2D eigenvalue weighted by atomic mass is 10.0. The molecule has 3 heterocycles. The number of benzene rings is 1. The molecule has 0 radical (unpaired) electrons. The van der Waals surface area contributed by atoms with Crippen molar-refractivity contribution in [2.75, 3.05) is 6.54 Å². The number of carbonyl (C=O) groups is 1. The van der Waals surface area contributed by atoms with Crippen LogP contribution in [0.3, 0.4) is 0 Å². The van der Waals surface area contributed by atoms with Crippen LogP contribution in [0.25, 0.3) is 10.9 Å². The van der Waals surface area contributed by atoms with Crippen LogP contribution >= 0.6 is 0 Å². The van der Waals surface area contributed by atoms with Crippen LogP contribution in [0.2, 0.25) is 0 Å². The summed E-state index contributed by atoms with van der Waals surface area (Å²) in [6.45, 7) is 0.840. The molecule has 1 aliphatic heterocycles. The second-order valence-electron chi connectivity index (χ2n) is 6.61. The molecule has 0 spiro atoms. The van der Waals surface area contributed by atoms with E-state index in [1.54, 1.807) is 6.20 Å². The summed E-state index contributed by atoms with van der Waals surface area (Å²) in [5.74, 6) is 0.107. The molecule has 2 aromatic heterocycles. The highest BCUT2D eigenvalue weighted by atomic mass is 16.2. The van der Waals surface area contributed by atoms with E-state index in [1.165, 1.54) is 5.56 Å². The molecular formula is C21H21N3O. The topological polar surface area (TPSA) is 46.1 Å². The maximum absolute atomic E-state index is 13.0. The number of nitrogens with zero attached hydrogens (tertiary/aromatic N) is 3. The Morgan fingerprint density at radius 2 is 2.00 bits per heavy atom. The molecule has 4 heteroatoms. The van der Waals surface area contributed by atoms with Gasteiger partial charge in [-0.05, 0) is 55.5 Å². The van der Waals surface area contributed by atoms with Crippen LogP contribution in [0.1, 0.15) is 35.2 Å². The molecule has 4 rings (SSSR count). The second kappa shape index (κ2) is 7.01. The molecule has 1 atom stereocenters. The first-order chi connectivity index (χ1) is 12.3. The van der Waals surface area contributed by atoms with Crippen molar-refractivity contribution in [1.82, 2.24) is 14.9 Å². The molecule has 0 aliphatic carbocycles. The highest BCUT2D eigenvalue weighted by molar-refractivity contribution is 5.97. The van der Waals surface area contributed by atoms with E-state index in [0.717, 1.165) is 43.1 Å². The second-order valence-corrected chi connectivity index (χ2v) is 6.61. The maximum atomic E-state index is 13.0. The van der Waals surface area contributed by atoms with E-state index in [1.807, 2.05) is 59.8 Å². The molecule has 1 saturated heterocycles. The van der Waals surface area contributed by atoms with Gasteiger partial charge in [-0.2, -0.15) is 0 Å². The number of hydrogen-bond acceptors (Lipinski definition) is 3. The third-order valence-electron chi connectivity index (χ3n) is 4.99. The average molecular weight is 331 g/mol. The summed E-state index contributed by atoms with van der Waals surface area (Å²) in [7, 11) is 0. The lowest BCUT2D eigenvalue weighted by molar-refractivity contribution is 0.0730. The fraction of sp³-hybridized carbons (Fsp3) is 0.286. The van der Waals surface area contributed by atoms with Crippen molar-refractivity contribution >= 4 is 16.8 Å². The van der Waals surface area contributed by atoms with Gasteiger partial charge in [0.15, 0.2) is 0 Å². The summed E-state index contributed by atoms with van der Waals surface area (Å²) in [4.78, 5) is 23.5. The van der Waals surface area contributed by atoms with Gasteiger partial charge in [0.1, 0.15) is 0 Å². The molecule has 0 saturated carbocycles. The molecule has 1 aromatic carbocycles. The lowest BCUT2D eigenvalue weighted by Crippen LogP contribution is -2.35. The minimum absolute atomic E-state index is 0.107. The summed E-state index contributed by atoms with van der Waals surface area (Å²) in [6, 6.07) is 14.3. The zero-order chi connectivity index (χ0) is 17.1. The number of aryl methyl sites for hydroxylation is 1. The molecule has 0 unspecified atom stereocenters. The van der Waals surface area contributed by atoms with Gasteiger partial charge in [0, 0.05) is 36.6 Å². The first-order valence-corrected chi connectivity index (χ1v) is 8.86. The van der Waals surface area contributed by atoms with E-state index in [4.69, 9.17) is 0 Å². The number of rotatable bonds is 4. The van der Waals surface area contributed by atoms with E-state index in [2.05, 4.69) is 9.97 Å². The Morgan fingerprint density at radius 3 is 2.88 bits per heavy atom. The van der Waals surface area contributed by atoms with Crippen LogP contribution in [-0.4, -0.2) is 33.4 Å². The highest BCUT2D eigenvalue weighted by Crippen LogP contribution is 2.24. The predicted octanol–water partition coefficient (Wildman–Crippen LogP) is 3.87. The molecule has 1 aliphatic rings. The number of likely N-dealkylation sites (tertiary alicyclic amines) is 1. The standard InChI is InChI=1S/C21H21N3O/c25-21(18-14-17-4-1-2-6-20(17)23-15-18)24-13-3-5-19(24)8-7-16-9-11-22-12-10-16/h1-2,4,6,9-12,14-15,19H,3,5,7-8,13H2/t19-/m0/s1. The zero-order valence-corrected chi connectivity index (χ0v) is 14.1. The molecule has 3 aromatic rings. The first-order valence-electron chi connectivity index (χ1n) is 8.86. The predicted molar refractivity (Wildman–Crippen MR) is 98.4 cm³/mol. The van der Waals surface area contributed by atoms with Gasteiger partial charge >= 0.3 is 0 Å². The van der Waals surface area contributed by atoms with Crippen LogP contribution in [0.15, 0.2) is 61.1 Å². The fourth-order valence-electron chi connectivity index (χ4n) is 3.64. The van der Waals surface area contributed by atoms with Gasteiger partial charge in [0.2, 0.25) is 0 Å². The van der Waals surface area contributed by atoms with Gasteiger partial charge in [0.05, 0.1) is 11.1 Å². The Balaban J connectivity index is 1.49. The highest BCUT2D eigenvalue weighted by Gasteiger charge is 2.29. The van der Waals surface area contributed by atoms with Crippen molar-refractivity contribution in [1.29, 1.82) is 0 Å². The van der Waals surface area contributed by atoms with Crippen molar-refractivity contribution in [3.05, 3.63) is 72.2 Å². The van der Waals surface area contributed by atoms with E-state index in [0.29, 0.717) is 11.6 Å². The van der Waals surface area contributed by atoms with Gasteiger partial charge in [-0.1, -0.05) is 18.2 Å². The number of carbonyl (C=O) groups excluding carboxylic acids is 1. The third-order valence-corrected chi connectivity index (χ3v) is 4.99. The molecule has 25 heavy (non-hydrogen) atoms. The molecule has 4 nitrogen and oxygen atoms in total. The van der Waals surface area contributed by atoms with Gasteiger partial charge in [0.25, 0.3) is 5.91 Å². The third kappa shape index (κ3) is 3.38. The molecule has 1 amide bonds. The monoisotopic (exact) mass is 331 g/mol. The van der Waals surface area contributed by atoms with E-state index in [9.17, 15) is 4.79 Å². The van der Waals surface area contributed by atoms with E-state index in [-0.39, 0.29) is 5.91 Å². The van der Waals surface area contributed by atoms with Gasteiger partial charge in [-0.3, -0.25) is 14.8 Å². The number of fused-ring (bicyclic) bond motifs is 1. The molecule has 1 fully saturated rings. The Bertz CT molecular complexity index is 878. The molecule has 0 bridgehead atoms. The summed E-state index contributed by atoms with van der Waals surface area (Å²) in [5.41, 5.74) is 2.89. The number of amides is 1. The number of pyridine rings is 2. The number of aromatic nitrogens is 2. The molecule has 126 valence electrons. The summed E-state index contributed by atoms with van der Waals surface area (Å²) in [5, 5.41) is 1.01. The minimum Gasteiger partial charge on any atom is -0.336 e. The van der Waals surface area contributed by atoms with Gasteiger partial charge in [-0.15, -0.1) is 0 Å². The summed E-state index contributed by atoms with van der Waals surface area (Å²) < 4.78 is 0. The summed E-state index contributed by atoms with van der Waals surface area (Å²) >= 11 is 0. The van der Waals surface area contributed by atoms with Crippen molar-refractivity contribution < 1.29 is 4.79 Å². The van der Waals surface area contributed by atoms with Crippen molar-refractivity contribution in [2.24, 2.45) is 0 Å². The number of hydrogen-bond donors (Lipinski definition) is 0. The Morgan fingerprint density at radius 1 is 1.16 bits per heavy atom. The van der Waals surface area contributed by atoms with Crippen molar-refractivity contribution in [2.45, 2.75) is 31.7 Å². The van der Waals surface area contributed by atoms with Crippen molar-refractivity contribution in [3.63, 3.8) is 0 Å². The van der Waals surface area contributed by atoms with Crippen LogP contribution in [0.4, 0.5) is 0 Å². The fourth-order valence-corrected chi connectivity index (χ4v) is 3.64. The average Bonchev–Trinajstić information content (AvgIpc) is 3.15. The van der Waals surface area contributed by atoms with Gasteiger partial charge in [-0.25, -0.2) is 0 Å². The van der Waals surface area contributed by atoms with Crippen LogP contribution in [0, 0.1) is 0 Å². The molecular weight excluding hydrogens is 310 g/mol. The largest absolute Gasteiger partial charge is 0.336 e. The molecule has 0 N–H and O–H groups in total. The zero-order valence-electron chi connectivity index (χ0n) is 14.1. The smallest absolute Gasteiger partial charge is 0.255 e. The van der Waals surface area contributed by atoms with E-state index < -0.39 is 0 Å². The van der Waals surface area contributed by atoms with Crippen LogP contribution in [-0.2, 0) is 6.42 Å². The minimum atomic E-state index is 0.107.